The van der Waals surface area contributed by atoms with Gasteiger partial charge >= 0.3 is 0 Å². The van der Waals surface area contributed by atoms with Gasteiger partial charge in [0.1, 0.15) is 5.75 Å². The van der Waals surface area contributed by atoms with Gasteiger partial charge in [-0.2, -0.15) is 4.99 Å². The summed E-state index contributed by atoms with van der Waals surface area (Å²) < 4.78 is 5.08. The van der Waals surface area contributed by atoms with Gasteiger partial charge in [-0.15, -0.1) is 0 Å². The number of hydrogen-bond acceptors (Lipinski definition) is 2. The quantitative estimate of drug-likeness (QED) is 0.481. The van der Waals surface area contributed by atoms with E-state index in [1.165, 1.54) is 0 Å². The van der Waals surface area contributed by atoms with Gasteiger partial charge in [0.25, 0.3) is 0 Å². The Bertz CT molecular complexity index is 533. The van der Waals surface area contributed by atoms with Crippen LogP contribution in [0, 0.1) is 0 Å². The van der Waals surface area contributed by atoms with E-state index in [-0.39, 0.29) is 5.96 Å². The van der Waals surface area contributed by atoms with Gasteiger partial charge in [-0.25, -0.2) is 4.99 Å². The lowest BCUT2D eigenvalue weighted by Crippen LogP contribution is -2.40. The fraction of sp³-hybridized carbons (Fsp3) is 0.286. The molecule has 0 atom stereocenters. The lowest BCUT2D eigenvalue weighted by atomic mass is 10.3. The number of benzene rings is 1. The Morgan fingerprint density at radius 3 is 2.55 bits per heavy atom. The van der Waals surface area contributed by atoms with Crippen LogP contribution in [0.25, 0.3) is 0 Å². The molecule has 0 unspecified atom stereocenters. The SMILES string of the molecule is COc1ccc(N=C(N)/N=C(\N)N2CC=CCC2)cc1. The molecule has 1 aromatic carbocycles. The maximum Gasteiger partial charge on any atom is 0.223 e. The maximum atomic E-state index is 5.91. The molecule has 1 heterocycles. The molecule has 4 N–H and O–H groups in total. The van der Waals surface area contributed by atoms with Crippen LogP contribution in [0.5, 0.6) is 5.75 Å². The molecule has 6 heteroatoms. The molecule has 0 saturated carbocycles. The van der Waals surface area contributed by atoms with Crippen LogP contribution in [-0.2, 0) is 0 Å². The zero-order valence-corrected chi connectivity index (χ0v) is 11.5. The van der Waals surface area contributed by atoms with Crippen molar-refractivity contribution in [2.75, 3.05) is 20.2 Å². The standard InChI is InChI=1S/C14H19N5O/c1-20-12-7-5-11(6-8-12)17-13(15)18-14(16)19-9-3-2-4-10-19/h2-3,5-8H,4,9-10H2,1H3,(H4,15,16,17,18). The summed E-state index contributed by atoms with van der Waals surface area (Å²) in [5.41, 5.74) is 12.4. The summed E-state index contributed by atoms with van der Waals surface area (Å²) in [7, 11) is 1.62. The van der Waals surface area contributed by atoms with Crippen LogP contribution < -0.4 is 16.2 Å². The number of nitrogens with zero attached hydrogens (tertiary/aromatic N) is 3. The Morgan fingerprint density at radius 2 is 1.95 bits per heavy atom. The van der Waals surface area contributed by atoms with Gasteiger partial charge in [-0.05, 0) is 30.7 Å². The number of hydrogen-bond donors (Lipinski definition) is 2. The Morgan fingerprint density at radius 1 is 1.20 bits per heavy atom. The van der Waals surface area contributed by atoms with Gasteiger partial charge < -0.3 is 21.1 Å². The largest absolute Gasteiger partial charge is 0.497 e. The topological polar surface area (TPSA) is 89.2 Å². The van der Waals surface area contributed by atoms with Crippen molar-refractivity contribution in [3.63, 3.8) is 0 Å². The van der Waals surface area contributed by atoms with Crippen molar-refractivity contribution in [1.82, 2.24) is 4.90 Å². The Balaban J connectivity index is 2.06. The van der Waals surface area contributed by atoms with Crippen molar-refractivity contribution < 1.29 is 4.74 Å². The number of nitrogens with two attached hydrogens (primary N) is 2. The van der Waals surface area contributed by atoms with E-state index in [1.807, 2.05) is 17.0 Å². The first-order valence-electron chi connectivity index (χ1n) is 6.41. The summed E-state index contributed by atoms with van der Waals surface area (Å²) >= 11 is 0. The van der Waals surface area contributed by atoms with Crippen LogP contribution in [0.15, 0.2) is 46.4 Å². The molecule has 0 saturated heterocycles. The van der Waals surface area contributed by atoms with E-state index in [2.05, 4.69) is 22.1 Å². The molecule has 0 aliphatic carbocycles. The normalized spacial score (nSPS) is 16.4. The highest BCUT2D eigenvalue weighted by atomic mass is 16.5. The smallest absolute Gasteiger partial charge is 0.223 e. The van der Waals surface area contributed by atoms with E-state index in [1.54, 1.807) is 19.2 Å². The summed E-state index contributed by atoms with van der Waals surface area (Å²) in [6.07, 6.45) is 5.15. The molecule has 1 aromatic rings. The molecule has 0 spiro atoms. The predicted octanol–water partition coefficient (Wildman–Crippen LogP) is 1.22. The van der Waals surface area contributed by atoms with Crippen molar-refractivity contribution >= 4 is 17.6 Å². The van der Waals surface area contributed by atoms with E-state index in [0.717, 1.165) is 25.3 Å². The molecule has 0 bridgehead atoms. The maximum absolute atomic E-state index is 5.91. The van der Waals surface area contributed by atoms with Crippen molar-refractivity contribution in [3.8, 4) is 5.75 Å². The van der Waals surface area contributed by atoms with Crippen LogP contribution in [0.1, 0.15) is 6.42 Å². The molecule has 1 aliphatic rings. The zero-order valence-electron chi connectivity index (χ0n) is 11.5. The van der Waals surface area contributed by atoms with Gasteiger partial charge in [0.05, 0.1) is 12.8 Å². The number of aliphatic imine (C=N–C) groups is 2. The van der Waals surface area contributed by atoms with E-state index in [0.29, 0.717) is 11.6 Å². The molecule has 0 amide bonds. The average Bonchev–Trinajstić information content (AvgIpc) is 2.49. The van der Waals surface area contributed by atoms with Gasteiger partial charge in [0.2, 0.25) is 5.96 Å². The molecular weight excluding hydrogens is 254 g/mol. The number of rotatable bonds is 2. The fourth-order valence-corrected chi connectivity index (χ4v) is 1.85. The van der Waals surface area contributed by atoms with Crippen molar-refractivity contribution in [1.29, 1.82) is 0 Å². The third-order valence-electron chi connectivity index (χ3n) is 2.93. The summed E-state index contributed by atoms with van der Waals surface area (Å²) in [5.74, 6) is 1.30. The van der Waals surface area contributed by atoms with E-state index < -0.39 is 0 Å². The number of ether oxygens (including phenoxy) is 1. The highest BCUT2D eigenvalue weighted by Gasteiger charge is 2.08. The zero-order chi connectivity index (χ0) is 14.4. The van der Waals surface area contributed by atoms with Crippen LogP contribution in [0.2, 0.25) is 0 Å². The Hall–Kier alpha value is -2.50. The molecule has 1 aliphatic heterocycles. The third-order valence-corrected chi connectivity index (χ3v) is 2.93. The molecule has 2 rings (SSSR count). The second-order valence-electron chi connectivity index (χ2n) is 4.34. The lowest BCUT2D eigenvalue weighted by Gasteiger charge is -2.23. The Labute approximate surface area is 118 Å². The predicted molar refractivity (Wildman–Crippen MR) is 81.2 cm³/mol. The van der Waals surface area contributed by atoms with Gasteiger partial charge in [-0.3, -0.25) is 0 Å². The third kappa shape index (κ3) is 3.74. The molecule has 20 heavy (non-hydrogen) atoms. The minimum atomic E-state index is 0.141. The average molecular weight is 273 g/mol. The minimum absolute atomic E-state index is 0.141. The number of methoxy groups -OCH3 is 1. The van der Waals surface area contributed by atoms with Crippen LogP contribution in [0.3, 0.4) is 0 Å². The first kappa shape index (κ1) is 13.9. The second kappa shape index (κ2) is 6.60. The van der Waals surface area contributed by atoms with Crippen molar-refractivity contribution in [3.05, 3.63) is 36.4 Å². The fourth-order valence-electron chi connectivity index (χ4n) is 1.85. The molecule has 0 fully saturated rings. The highest BCUT2D eigenvalue weighted by molar-refractivity contribution is 5.94. The van der Waals surface area contributed by atoms with E-state index >= 15 is 0 Å². The molecular formula is C14H19N5O. The van der Waals surface area contributed by atoms with Gasteiger partial charge in [0, 0.05) is 13.1 Å². The molecule has 106 valence electrons. The minimum Gasteiger partial charge on any atom is -0.497 e. The van der Waals surface area contributed by atoms with E-state index in [4.69, 9.17) is 16.2 Å². The highest BCUT2D eigenvalue weighted by Crippen LogP contribution is 2.17. The van der Waals surface area contributed by atoms with Crippen LogP contribution in [-0.4, -0.2) is 37.0 Å². The lowest BCUT2D eigenvalue weighted by molar-refractivity contribution is 0.415. The molecule has 0 aromatic heterocycles. The van der Waals surface area contributed by atoms with Crippen LogP contribution >= 0.6 is 0 Å². The summed E-state index contributed by atoms with van der Waals surface area (Å²) in [6.45, 7) is 1.60. The molecule has 6 nitrogen and oxygen atoms in total. The van der Waals surface area contributed by atoms with Gasteiger partial charge in [-0.1, -0.05) is 12.2 Å². The second-order valence-corrected chi connectivity index (χ2v) is 4.34. The monoisotopic (exact) mass is 273 g/mol. The van der Waals surface area contributed by atoms with Crippen molar-refractivity contribution in [2.45, 2.75) is 6.42 Å². The van der Waals surface area contributed by atoms with Crippen molar-refractivity contribution in [2.24, 2.45) is 21.5 Å². The summed E-state index contributed by atoms with van der Waals surface area (Å²) in [5, 5.41) is 0. The van der Waals surface area contributed by atoms with E-state index in [9.17, 15) is 0 Å². The first-order chi connectivity index (χ1) is 9.69. The Kier molecular flexibility index (Phi) is 4.60. The first-order valence-corrected chi connectivity index (χ1v) is 6.41. The van der Waals surface area contributed by atoms with Crippen LogP contribution in [0.4, 0.5) is 5.69 Å². The molecule has 0 radical (unpaired) electrons. The summed E-state index contributed by atoms with van der Waals surface area (Å²) in [6, 6.07) is 7.24. The number of guanidine groups is 2. The summed E-state index contributed by atoms with van der Waals surface area (Å²) in [4.78, 5) is 10.3. The van der Waals surface area contributed by atoms with Gasteiger partial charge in [0.15, 0.2) is 5.96 Å².